The summed E-state index contributed by atoms with van der Waals surface area (Å²) < 4.78 is 1.01. The smallest absolute Gasteiger partial charge is 0.256 e. The normalized spacial score (nSPS) is 10.2. The molecule has 0 heterocycles. The van der Waals surface area contributed by atoms with Gasteiger partial charge in [0.2, 0.25) is 6.21 Å². The predicted molar refractivity (Wildman–Crippen MR) is 56.1 cm³/mol. The second-order valence-electron chi connectivity index (χ2n) is 2.37. The second-order valence-corrected chi connectivity index (χ2v) is 3.28. The Labute approximate surface area is 84.5 Å². The fourth-order valence-corrected chi connectivity index (χ4v) is 1.19. The molecular formula is C8H10BrN4+. The van der Waals surface area contributed by atoms with Gasteiger partial charge in [0.25, 0.3) is 5.96 Å². The Bertz CT molecular complexity index is 342. The van der Waals surface area contributed by atoms with Gasteiger partial charge in [-0.1, -0.05) is 22.0 Å². The van der Waals surface area contributed by atoms with Crippen LogP contribution >= 0.6 is 15.9 Å². The van der Waals surface area contributed by atoms with Gasteiger partial charge in [0, 0.05) is 15.1 Å². The Hall–Kier alpha value is -1.36. The molecule has 1 aromatic rings. The predicted octanol–water partition coefficient (Wildman–Crippen LogP) is -0.863. The maximum Gasteiger partial charge on any atom is 0.256 e. The Morgan fingerprint density at radius 2 is 2.23 bits per heavy atom. The van der Waals surface area contributed by atoms with Crippen LogP contribution in [-0.2, 0) is 0 Å². The van der Waals surface area contributed by atoms with Gasteiger partial charge in [-0.3, -0.25) is 0 Å². The number of hydrogen-bond donors (Lipinski definition) is 3. The van der Waals surface area contributed by atoms with Gasteiger partial charge in [0.05, 0.1) is 0 Å². The molecule has 0 saturated heterocycles. The van der Waals surface area contributed by atoms with Crippen LogP contribution in [0.3, 0.4) is 0 Å². The Kier molecular flexibility index (Phi) is 3.45. The lowest BCUT2D eigenvalue weighted by molar-refractivity contribution is -0.456. The molecule has 1 aromatic carbocycles. The van der Waals surface area contributed by atoms with E-state index in [9.17, 15) is 0 Å². The average molecular weight is 242 g/mol. The third kappa shape index (κ3) is 3.71. The molecule has 0 aliphatic heterocycles. The van der Waals surface area contributed by atoms with Crippen LogP contribution in [0.1, 0.15) is 5.56 Å². The van der Waals surface area contributed by atoms with Gasteiger partial charge in [0.15, 0.2) is 0 Å². The molecule has 0 unspecified atom stereocenters. The highest BCUT2D eigenvalue weighted by atomic mass is 79.9. The average Bonchev–Trinajstić information content (AvgIpc) is 2.03. The topological polar surface area (TPSA) is 78.4 Å². The van der Waals surface area contributed by atoms with Gasteiger partial charge in [-0.15, -0.1) is 5.10 Å². The Balaban J connectivity index is 2.75. The van der Waals surface area contributed by atoms with E-state index in [4.69, 9.17) is 11.5 Å². The van der Waals surface area contributed by atoms with E-state index >= 15 is 0 Å². The van der Waals surface area contributed by atoms with Crippen LogP contribution in [0.15, 0.2) is 33.8 Å². The van der Waals surface area contributed by atoms with Gasteiger partial charge in [-0.25, -0.2) is 0 Å². The summed E-state index contributed by atoms with van der Waals surface area (Å²) in [6.45, 7) is 0. The molecule has 0 spiro atoms. The molecule has 0 aliphatic carbocycles. The molecule has 5 heteroatoms. The minimum Gasteiger partial charge on any atom is -0.365 e. The van der Waals surface area contributed by atoms with Gasteiger partial charge in [-0.2, -0.15) is 0 Å². The van der Waals surface area contributed by atoms with E-state index in [-0.39, 0.29) is 5.96 Å². The fraction of sp³-hybridized carbons (Fsp3) is 0. The van der Waals surface area contributed by atoms with Crippen molar-refractivity contribution in [2.75, 3.05) is 0 Å². The number of nitrogens with zero attached hydrogens (tertiary/aromatic N) is 1. The quantitative estimate of drug-likeness (QED) is 0.358. The van der Waals surface area contributed by atoms with E-state index in [1.807, 2.05) is 24.3 Å². The molecule has 0 atom stereocenters. The highest BCUT2D eigenvalue weighted by Crippen LogP contribution is 2.09. The van der Waals surface area contributed by atoms with Crippen molar-refractivity contribution in [3.8, 4) is 0 Å². The van der Waals surface area contributed by atoms with E-state index in [1.165, 1.54) is 0 Å². The summed E-state index contributed by atoms with van der Waals surface area (Å²) in [5.41, 5.74) is 11.2. The standard InChI is InChI=1S/C8H9BrN4/c9-7-3-1-2-6(4-7)5-12-13-8(10)11/h1-5H,(H4,10,11,13)/p+1/b12-5+. The zero-order valence-corrected chi connectivity index (χ0v) is 8.45. The molecule has 68 valence electrons. The maximum absolute atomic E-state index is 5.12. The summed E-state index contributed by atoms with van der Waals surface area (Å²) in [5, 5.41) is 6.22. The molecule has 0 saturated carbocycles. The van der Waals surface area contributed by atoms with Gasteiger partial charge in [-0.05, 0) is 18.2 Å². The summed E-state index contributed by atoms with van der Waals surface area (Å²) in [6, 6.07) is 7.74. The molecule has 13 heavy (non-hydrogen) atoms. The van der Waals surface area contributed by atoms with Crippen molar-refractivity contribution in [1.82, 2.24) is 0 Å². The zero-order valence-electron chi connectivity index (χ0n) is 6.87. The van der Waals surface area contributed by atoms with Crippen LogP contribution in [0, 0.1) is 0 Å². The summed E-state index contributed by atoms with van der Waals surface area (Å²) in [5.74, 6) is 0.00578. The minimum absolute atomic E-state index is 0.00578. The molecule has 5 N–H and O–H groups in total. The lowest BCUT2D eigenvalue weighted by Crippen LogP contribution is -2.63. The van der Waals surface area contributed by atoms with Crippen molar-refractivity contribution in [3.05, 3.63) is 34.3 Å². The first-order valence-electron chi connectivity index (χ1n) is 3.61. The zero-order chi connectivity index (χ0) is 9.68. The first-order chi connectivity index (χ1) is 6.18. The molecule has 0 amide bonds. The van der Waals surface area contributed by atoms with Crippen LogP contribution in [0.25, 0.3) is 0 Å². The van der Waals surface area contributed by atoms with Crippen molar-refractivity contribution in [3.63, 3.8) is 0 Å². The van der Waals surface area contributed by atoms with E-state index in [0.29, 0.717) is 0 Å². The lowest BCUT2D eigenvalue weighted by Gasteiger charge is -1.88. The SMILES string of the molecule is NC(N)=N/[NH+]=C/c1cccc(Br)c1. The van der Waals surface area contributed by atoms with Gasteiger partial charge < -0.3 is 11.5 Å². The number of halogens is 1. The third-order valence-corrected chi connectivity index (χ3v) is 1.77. The number of benzene rings is 1. The minimum atomic E-state index is 0.00578. The number of nitrogens with one attached hydrogen (secondary N) is 1. The molecule has 4 nitrogen and oxygen atoms in total. The largest absolute Gasteiger partial charge is 0.365 e. The molecule has 0 bridgehead atoms. The maximum atomic E-state index is 5.12. The first kappa shape index (κ1) is 9.73. The summed E-state index contributed by atoms with van der Waals surface area (Å²) in [6.07, 6.45) is 1.70. The van der Waals surface area contributed by atoms with Crippen molar-refractivity contribution in [1.29, 1.82) is 0 Å². The number of nitrogens with two attached hydrogens (primary N) is 2. The Morgan fingerprint density at radius 3 is 2.85 bits per heavy atom. The van der Waals surface area contributed by atoms with E-state index in [0.717, 1.165) is 10.0 Å². The van der Waals surface area contributed by atoms with E-state index < -0.39 is 0 Å². The lowest BCUT2D eigenvalue weighted by atomic mass is 10.2. The van der Waals surface area contributed by atoms with Crippen molar-refractivity contribution in [2.24, 2.45) is 16.6 Å². The highest BCUT2D eigenvalue weighted by Gasteiger charge is 1.91. The molecule has 1 rings (SSSR count). The van der Waals surface area contributed by atoms with E-state index in [2.05, 4.69) is 26.1 Å². The fourth-order valence-electron chi connectivity index (χ4n) is 0.778. The van der Waals surface area contributed by atoms with Gasteiger partial charge in [0.1, 0.15) is 0 Å². The highest BCUT2D eigenvalue weighted by molar-refractivity contribution is 9.10. The van der Waals surface area contributed by atoms with Crippen LogP contribution < -0.4 is 16.6 Å². The molecule has 0 aliphatic rings. The van der Waals surface area contributed by atoms with Crippen molar-refractivity contribution >= 4 is 28.1 Å². The van der Waals surface area contributed by atoms with Crippen molar-refractivity contribution < 1.29 is 5.10 Å². The number of rotatable bonds is 2. The number of guanidine groups is 1. The monoisotopic (exact) mass is 241 g/mol. The molecule has 0 radical (unpaired) electrons. The van der Waals surface area contributed by atoms with Crippen LogP contribution in [0.5, 0.6) is 0 Å². The molecular weight excluding hydrogens is 232 g/mol. The summed E-state index contributed by atoms with van der Waals surface area (Å²) >= 11 is 3.35. The number of hydrogen-bond acceptors (Lipinski definition) is 1. The van der Waals surface area contributed by atoms with Crippen LogP contribution in [0.2, 0.25) is 0 Å². The van der Waals surface area contributed by atoms with Gasteiger partial charge >= 0.3 is 0 Å². The second kappa shape index (κ2) is 4.61. The summed E-state index contributed by atoms with van der Waals surface area (Å²) in [7, 11) is 0. The Morgan fingerprint density at radius 1 is 1.46 bits per heavy atom. The number of hydrazone groups is 1. The third-order valence-electron chi connectivity index (χ3n) is 1.27. The molecule has 0 fully saturated rings. The van der Waals surface area contributed by atoms with Crippen LogP contribution in [-0.4, -0.2) is 12.2 Å². The summed E-state index contributed by atoms with van der Waals surface area (Å²) in [4.78, 5) is 0. The van der Waals surface area contributed by atoms with Crippen LogP contribution in [0.4, 0.5) is 0 Å². The molecule has 0 aromatic heterocycles. The van der Waals surface area contributed by atoms with E-state index in [1.54, 1.807) is 6.21 Å². The first-order valence-corrected chi connectivity index (χ1v) is 4.41. The van der Waals surface area contributed by atoms with Crippen molar-refractivity contribution in [2.45, 2.75) is 0 Å².